The van der Waals surface area contributed by atoms with Crippen LogP contribution in [0.1, 0.15) is 18.2 Å². The van der Waals surface area contributed by atoms with E-state index < -0.39 is 0 Å². The molecule has 0 radical (unpaired) electrons. The van der Waals surface area contributed by atoms with Crippen molar-refractivity contribution in [2.24, 2.45) is 0 Å². The Kier molecular flexibility index (Phi) is 4.69. The lowest BCUT2D eigenvalue weighted by Crippen LogP contribution is -2.12. The number of benzene rings is 1. The van der Waals surface area contributed by atoms with Crippen LogP contribution in [0.5, 0.6) is 0 Å². The van der Waals surface area contributed by atoms with Crippen LogP contribution in [0.4, 0.5) is 4.39 Å². The van der Waals surface area contributed by atoms with Crippen molar-refractivity contribution >= 4 is 23.1 Å². The number of nitrogens with one attached hydrogen (secondary N) is 1. The van der Waals surface area contributed by atoms with E-state index in [1.807, 2.05) is 6.07 Å². The van der Waals surface area contributed by atoms with Gasteiger partial charge in [0.2, 0.25) is 0 Å². The van der Waals surface area contributed by atoms with E-state index in [0.29, 0.717) is 16.3 Å². The predicted octanol–water partition coefficient (Wildman–Crippen LogP) is 4.10. The monoisotopic (exact) mass is 284 g/mol. The minimum absolute atomic E-state index is 0.333. The molecule has 18 heavy (non-hydrogen) atoms. The minimum atomic E-state index is -0.333. The highest BCUT2D eigenvalue weighted by atomic mass is 35.5. The molecule has 1 aromatic heterocycles. The maximum Gasteiger partial charge on any atom is 0.134 e. The van der Waals surface area contributed by atoms with Crippen molar-refractivity contribution in [1.29, 1.82) is 0 Å². The summed E-state index contributed by atoms with van der Waals surface area (Å²) in [4.78, 5) is 1.08. The summed E-state index contributed by atoms with van der Waals surface area (Å²) in [6, 6.07) is 6.55. The van der Waals surface area contributed by atoms with E-state index in [0.717, 1.165) is 24.4 Å². The lowest BCUT2D eigenvalue weighted by molar-refractivity contribution is 0.631. The second kappa shape index (κ2) is 6.27. The van der Waals surface area contributed by atoms with Crippen LogP contribution < -0.4 is 5.32 Å². The molecular formula is C13H14ClFN2S. The van der Waals surface area contributed by atoms with Gasteiger partial charge in [0, 0.05) is 11.4 Å². The van der Waals surface area contributed by atoms with E-state index in [-0.39, 0.29) is 5.82 Å². The molecule has 0 aliphatic carbocycles. The Morgan fingerprint density at radius 2 is 2.28 bits per heavy atom. The standard InChI is InChI=1S/C13H14ClFN2S/c1-2-6-16-8-9-7-12(17-18-9)13-10(14)4-3-5-11(13)15/h3-5,7,16H,2,6,8H2,1H3. The second-order valence-corrected chi connectivity index (χ2v) is 5.25. The zero-order valence-electron chi connectivity index (χ0n) is 10.0. The first-order valence-electron chi connectivity index (χ1n) is 5.83. The number of nitrogens with zero attached hydrogens (tertiary/aromatic N) is 1. The van der Waals surface area contributed by atoms with Crippen LogP contribution >= 0.6 is 23.1 Å². The Morgan fingerprint density at radius 3 is 3.00 bits per heavy atom. The molecule has 0 fully saturated rings. The molecule has 0 atom stereocenters. The molecule has 2 rings (SSSR count). The van der Waals surface area contributed by atoms with E-state index >= 15 is 0 Å². The molecule has 0 spiro atoms. The molecule has 2 aromatic rings. The van der Waals surface area contributed by atoms with Crippen molar-refractivity contribution in [3.05, 3.63) is 40.0 Å². The Hall–Kier alpha value is -0.970. The highest BCUT2D eigenvalue weighted by molar-refractivity contribution is 7.06. The first kappa shape index (κ1) is 13.5. The fourth-order valence-electron chi connectivity index (χ4n) is 1.64. The van der Waals surface area contributed by atoms with Crippen molar-refractivity contribution in [3.63, 3.8) is 0 Å². The molecule has 0 saturated heterocycles. The minimum Gasteiger partial charge on any atom is -0.312 e. The van der Waals surface area contributed by atoms with Crippen LogP contribution in [0.15, 0.2) is 24.3 Å². The van der Waals surface area contributed by atoms with Crippen molar-refractivity contribution in [2.45, 2.75) is 19.9 Å². The largest absolute Gasteiger partial charge is 0.312 e. The van der Waals surface area contributed by atoms with Crippen molar-refractivity contribution < 1.29 is 4.39 Å². The molecule has 1 aromatic carbocycles. The highest BCUT2D eigenvalue weighted by Crippen LogP contribution is 2.31. The summed E-state index contributed by atoms with van der Waals surface area (Å²) in [6.07, 6.45) is 1.09. The van der Waals surface area contributed by atoms with Crippen LogP contribution in [0.3, 0.4) is 0 Å². The summed E-state index contributed by atoms with van der Waals surface area (Å²) in [5.41, 5.74) is 0.994. The first-order chi connectivity index (χ1) is 8.72. The average molecular weight is 285 g/mol. The molecule has 0 saturated carbocycles. The Labute approximate surface area is 115 Å². The number of hydrogen-bond acceptors (Lipinski definition) is 3. The Balaban J connectivity index is 2.19. The third-order valence-corrected chi connectivity index (χ3v) is 3.60. The van der Waals surface area contributed by atoms with Crippen LogP contribution in [0, 0.1) is 5.82 Å². The molecule has 0 aliphatic rings. The molecule has 96 valence electrons. The Bertz CT molecular complexity index is 507. The predicted molar refractivity (Wildman–Crippen MR) is 74.5 cm³/mol. The van der Waals surface area contributed by atoms with Gasteiger partial charge >= 0.3 is 0 Å². The van der Waals surface area contributed by atoms with Crippen LogP contribution in [-0.4, -0.2) is 10.9 Å². The van der Waals surface area contributed by atoms with E-state index in [1.165, 1.54) is 17.6 Å². The van der Waals surface area contributed by atoms with Gasteiger partial charge in [-0.1, -0.05) is 24.6 Å². The lowest BCUT2D eigenvalue weighted by atomic mass is 10.1. The normalized spacial score (nSPS) is 10.8. The molecule has 1 N–H and O–H groups in total. The van der Waals surface area contributed by atoms with Gasteiger partial charge in [-0.25, -0.2) is 4.39 Å². The summed E-state index contributed by atoms with van der Waals surface area (Å²) >= 11 is 7.38. The summed E-state index contributed by atoms with van der Waals surface area (Å²) in [5, 5.41) is 3.69. The van der Waals surface area contributed by atoms with Gasteiger partial charge in [-0.05, 0) is 42.7 Å². The second-order valence-electron chi connectivity index (χ2n) is 3.95. The fourth-order valence-corrected chi connectivity index (χ4v) is 2.60. The third-order valence-electron chi connectivity index (χ3n) is 2.50. The van der Waals surface area contributed by atoms with Gasteiger partial charge in [-0.3, -0.25) is 0 Å². The van der Waals surface area contributed by atoms with Gasteiger partial charge in [-0.2, -0.15) is 4.37 Å². The number of hydrogen-bond donors (Lipinski definition) is 1. The fraction of sp³-hybridized carbons (Fsp3) is 0.308. The van der Waals surface area contributed by atoms with Gasteiger partial charge < -0.3 is 5.32 Å². The van der Waals surface area contributed by atoms with E-state index in [4.69, 9.17) is 11.6 Å². The molecule has 0 unspecified atom stereocenters. The van der Waals surface area contributed by atoms with Gasteiger partial charge in [0.05, 0.1) is 16.3 Å². The van der Waals surface area contributed by atoms with E-state index in [1.54, 1.807) is 12.1 Å². The van der Waals surface area contributed by atoms with E-state index in [9.17, 15) is 4.39 Å². The van der Waals surface area contributed by atoms with Gasteiger partial charge in [0.1, 0.15) is 5.82 Å². The topological polar surface area (TPSA) is 24.9 Å². The van der Waals surface area contributed by atoms with Crippen LogP contribution in [-0.2, 0) is 6.54 Å². The molecule has 2 nitrogen and oxygen atoms in total. The third kappa shape index (κ3) is 3.07. The average Bonchev–Trinajstić information content (AvgIpc) is 2.78. The number of rotatable bonds is 5. The molecule has 1 heterocycles. The number of aromatic nitrogens is 1. The molecule has 0 aliphatic heterocycles. The summed E-state index contributed by atoms with van der Waals surface area (Å²) in [7, 11) is 0. The number of halogens is 2. The SMILES string of the molecule is CCCNCc1cc(-c2c(F)cccc2Cl)ns1. The zero-order valence-corrected chi connectivity index (χ0v) is 11.6. The summed E-state index contributed by atoms with van der Waals surface area (Å²) in [5.74, 6) is -0.333. The zero-order chi connectivity index (χ0) is 13.0. The molecule has 0 bridgehead atoms. The molecule has 5 heteroatoms. The lowest BCUT2D eigenvalue weighted by Gasteiger charge is -2.01. The van der Waals surface area contributed by atoms with Crippen molar-refractivity contribution in [2.75, 3.05) is 6.54 Å². The van der Waals surface area contributed by atoms with Crippen molar-refractivity contribution in [1.82, 2.24) is 9.69 Å². The van der Waals surface area contributed by atoms with Gasteiger partial charge in [-0.15, -0.1) is 0 Å². The van der Waals surface area contributed by atoms with Crippen LogP contribution in [0.2, 0.25) is 5.02 Å². The van der Waals surface area contributed by atoms with Crippen molar-refractivity contribution in [3.8, 4) is 11.3 Å². The first-order valence-corrected chi connectivity index (χ1v) is 6.98. The maximum atomic E-state index is 13.7. The van der Waals surface area contributed by atoms with Gasteiger partial charge in [0.25, 0.3) is 0 Å². The maximum absolute atomic E-state index is 13.7. The van der Waals surface area contributed by atoms with Crippen LogP contribution in [0.25, 0.3) is 11.3 Å². The smallest absolute Gasteiger partial charge is 0.134 e. The molecular weight excluding hydrogens is 271 g/mol. The quantitative estimate of drug-likeness (QED) is 0.836. The summed E-state index contributed by atoms with van der Waals surface area (Å²) in [6.45, 7) is 3.84. The van der Waals surface area contributed by atoms with Gasteiger partial charge in [0.15, 0.2) is 0 Å². The highest BCUT2D eigenvalue weighted by Gasteiger charge is 2.12. The van der Waals surface area contributed by atoms with E-state index in [2.05, 4.69) is 16.6 Å². The summed E-state index contributed by atoms with van der Waals surface area (Å²) < 4.78 is 18.0. The molecule has 0 amide bonds. The Morgan fingerprint density at radius 1 is 1.44 bits per heavy atom.